The van der Waals surface area contributed by atoms with Gasteiger partial charge in [0.25, 0.3) is 0 Å². The molecule has 2 aromatic rings. The van der Waals surface area contributed by atoms with Crippen molar-refractivity contribution in [2.75, 3.05) is 5.32 Å². The molecule has 0 amide bonds. The first-order chi connectivity index (χ1) is 7.81. The van der Waals surface area contributed by atoms with Gasteiger partial charge in [-0.3, -0.25) is 0 Å². The first kappa shape index (κ1) is 10.7. The predicted molar refractivity (Wildman–Crippen MR) is 67.5 cm³/mol. The van der Waals surface area contributed by atoms with Gasteiger partial charge in [-0.15, -0.1) is 11.3 Å². The lowest BCUT2D eigenvalue weighted by atomic mass is 10.1. The van der Waals surface area contributed by atoms with Crippen LogP contribution in [-0.4, -0.2) is 0 Å². The Bertz CT molecular complexity index is 509. The summed E-state index contributed by atoms with van der Waals surface area (Å²) in [5, 5.41) is 14.4. The Morgan fingerprint density at radius 1 is 1.31 bits per heavy atom. The molecule has 0 radical (unpaired) electrons. The van der Waals surface area contributed by atoms with E-state index in [2.05, 4.69) is 22.8 Å². The fourth-order valence-corrected chi connectivity index (χ4v) is 2.23. The molecule has 80 valence electrons. The molecule has 3 heteroatoms. The van der Waals surface area contributed by atoms with Crippen LogP contribution in [0.5, 0.6) is 0 Å². The largest absolute Gasteiger partial charge is 0.379 e. The van der Waals surface area contributed by atoms with E-state index in [0.717, 1.165) is 17.8 Å². The molecule has 0 aliphatic heterocycles. The minimum absolute atomic E-state index is 0.705. The average molecular weight is 228 g/mol. The molecule has 16 heavy (non-hydrogen) atoms. The van der Waals surface area contributed by atoms with E-state index in [0.29, 0.717) is 5.56 Å². The zero-order chi connectivity index (χ0) is 11.4. The highest BCUT2D eigenvalue weighted by Crippen LogP contribution is 2.21. The second kappa shape index (κ2) is 4.82. The molecule has 0 unspecified atom stereocenters. The van der Waals surface area contributed by atoms with Crippen molar-refractivity contribution in [3.8, 4) is 6.07 Å². The van der Waals surface area contributed by atoms with Crippen LogP contribution < -0.4 is 5.32 Å². The lowest BCUT2D eigenvalue weighted by Gasteiger charge is -2.09. The van der Waals surface area contributed by atoms with Gasteiger partial charge < -0.3 is 5.32 Å². The number of hydrogen-bond donors (Lipinski definition) is 1. The SMILES string of the molecule is Cc1cccc(C#N)c1NCc1cccs1. The molecule has 0 spiro atoms. The van der Waals surface area contributed by atoms with Crippen LogP contribution in [-0.2, 0) is 6.54 Å². The standard InChI is InChI=1S/C13H12N2S/c1-10-4-2-5-11(8-14)13(10)15-9-12-6-3-7-16-12/h2-7,15H,9H2,1H3. The third-order valence-electron chi connectivity index (χ3n) is 2.41. The van der Waals surface area contributed by atoms with Gasteiger partial charge in [-0.25, -0.2) is 0 Å². The number of thiophene rings is 1. The maximum atomic E-state index is 9.01. The Labute approximate surface area is 99.2 Å². The van der Waals surface area contributed by atoms with Gasteiger partial charge in [-0.2, -0.15) is 5.26 Å². The minimum atomic E-state index is 0.705. The third-order valence-corrected chi connectivity index (χ3v) is 3.29. The van der Waals surface area contributed by atoms with Gasteiger partial charge in [-0.1, -0.05) is 18.2 Å². The van der Waals surface area contributed by atoms with Gasteiger partial charge in [0.05, 0.1) is 11.3 Å². The number of hydrogen-bond acceptors (Lipinski definition) is 3. The molecule has 1 heterocycles. The minimum Gasteiger partial charge on any atom is -0.379 e. The van der Waals surface area contributed by atoms with Crippen LogP contribution >= 0.6 is 11.3 Å². The fourth-order valence-electron chi connectivity index (χ4n) is 1.58. The van der Waals surface area contributed by atoms with Crippen LogP contribution in [0.1, 0.15) is 16.0 Å². The summed E-state index contributed by atoms with van der Waals surface area (Å²) >= 11 is 1.72. The van der Waals surface area contributed by atoms with Crippen LogP contribution in [0, 0.1) is 18.3 Å². The highest BCUT2D eigenvalue weighted by Gasteiger charge is 2.04. The fraction of sp³-hybridized carbons (Fsp3) is 0.154. The summed E-state index contributed by atoms with van der Waals surface area (Å²) in [6.07, 6.45) is 0. The lowest BCUT2D eigenvalue weighted by molar-refractivity contribution is 1.17. The molecule has 1 aromatic carbocycles. The van der Waals surface area contributed by atoms with Gasteiger partial charge in [-0.05, 0) is 30.0 Å². The van der Waals surface area contributed by atoms with E-state index in [-0.39, 0.29) is 0 Å². The summed E-state index contributed by atoms with van der Waals surface area (Å²) in [5.41, 5.74) is 2.76. The number of aryl methyl sites for hydroxylation is 1. The van der Waals surface area contributed by atoms with E-state index in [4.69, 9.17) is 5.26 Å². The molecular weight excluding hydrogens is 216 g/mol. The predicted octanol–water partition coefficient (Wildman–Crippen LogP) is 3.54. The van der Waals surface area contributed by atoms with Crippen LogP contribution in [0.2, 0.25) is 0 Å². The highest BCUT2D eigenvalue weighted by atomic mass is 32.1. The lowest BCUT2D eigenvalue weighted by Crippen LogP contribution is -2.01. The number of nitrogens with one attached hydrogen (secondary N) is 1. The summed E-state index contributed by atoms with van der Waals surface area (Å²) < 4.78 is 0. The molecule has 0 aliphatic carbocycles. The molecular formula is C13H12N2S. The normalized spacial score (nSPS) is 9.75. The number of nitriles is 1. The quantitative estimate of drug-likeness (QED) is 0.872. The molecule has 1 aromatic heterocycles. The molecule has 0 fully saturated rings. The molecule has 1 N–H and O–H groups in total. The monoisotopic (exact) mass is 228 g/mol. The third kappa shape index (κ3) is 2.23. The Balaban J connectivity index is 2.18. The number of nitrogens with zero attached hydrogens (tertiary/aromatic N) is 1. The Hall–Kier alpha value is -1.79. The van der Waals surface area contributed by atoms with Crippen LogP contribution in [0.25, 0.3) is 0 Å². The Kier molecular flexibility index (Phi) is 3.23. The average Bonchev–Trinajstić information content (AvgIpc) is 2.80. The van der Waals surface area contributed by atoms with E-state index < -0.39 is 0 Å². The number of para-hydroxylation sites is 1. The van der Waals surface area contributed by atoms with Gasteiger partial charge in [0.15, 0.2) is 0 Å². The smallest absolute Gasteiger partial charge is 0.101 e. The molecule has 2 rings (SSSR count). The van der Waals surface area contributed by atoms with Gasteiger partial charge in [0.1, 0.15) is 6.07 Å². The molecule has 0 aliphatic rings. The Morgan fingerprint density at radius 3 is 2.88 bits per heavy atom. The van der Waals surface area contributed by atoms with Crippen molar-refractivity contribution in [2.24, 2.45) is 0 Å². The van der Waals surface area contributed by atoms with Crippen LogP contribution in [0.4, 0.5) is 5.69 Å². The zero-order valence-electron chi connectivity index (χ0n) is 9.03. The van der Waals surface area contributed by atoms with Crippen molar-refractivity contribution in [1.82, 2.24) is 0 Å². The zero-order valence-corrected chi connectivity index (χ0v) is 9.84. The van der Waals surface area contributed by atoms with Gasteiger partial charge in [0, 0.05) is 11.4 Å². The van der Waals surface area contributed by atoms with Crippen molar-refractivity contribution in [3.05, 3.63) is 51.7 Å². The van der Waals surface area contributed by atoms with Crippen molar-refractivity contribution in [2.45, 2.75) is 13.5 Å². The first-order valence-corrected chi connectivity index (χ1v) is 5.95. The maximum Gasteiger partial charge on any atom is 0.101 e. The molecule has 0 atom stereocenters. The van der Waals surface area contributed by atoms with Crippen molar-refractivity contribution in [3.63, 3.8) is 0 Å². The van der Waals surface area contributed by atoms with E-state index in [9.17, 15) is 0 Å². The molecule has 0 saturated heterocycles. The highest BCUT2D eigenvalue weighted by molar-refractivity contribution is 7.09. The molecule has 0 saturated carbocycles. The van der Waals surface area contributed by atoms with Crippen molar-refractivity contribution >= 4 is 17.0 Å². The second-order valence-corrected chi connectivity index (χ2v) is 4.57. The molecule has 0 bridgehead atoms. The van der Waals surface area contributed by atoms with Crippen molar-refractivity contribution in [1.29, 1.82) is 5.26 Å². The van der Waals surface area contributed by atoms with Gasteiger partial charge >= 0.3 is 0 Å². The summed E-state index contributed by atoms with van der Waals surface area (Å²) in [6.45, 7) is 2.79. The van der Waals surface area contributed by atoms with Gasteiger partial charge in [0.2, 0.25) is 0 Å². The van der Waals surface area contributed by atoms with E-state index in [1.807, 2.05) is 31.2 Å². The summed E-state index contributed by atoms with van der Waals surface area (Å²) in [5.74, 6) is 0. The second-order valence-electron chi connectivity index (χ2n) is 3.54. The van der Waals surface area contributed by atoms with E-state index in [1.54, 1.807) is 11.3 Å². The summed E-state index contributed by atoms with van der Waals surface area (Å²) in [6, 6.07) is 12.1. The number of rotatable bonds is 3. The first-order valence-electron chi connectivity index (χ1n) is 5.07. The van der Waals surface area contributed by atoms with Crippen molar-refractivity contribution < 1.29 is 0 Å². The molecule has 2 nitrogen and oxygen atoms in total. The van der Waals surface area contributed by atoms with Crippen LogP contribution in [0.3, 0.4) is 0 Å². The summed E-state index contributed by atoms with van der Waals surface area (Å²) in [4.78, 5) is 1.27. The number of benzene rings is 1. The number of anilines is 1. The Morgan fingerprint density at radius 2 is 2.19 bits per heavy atom. The topological polar surface area (TPSA) is 35.8 Å². The van der Waals surface area contributed by atoms with E-state index >= 15 is 0 Å². The van der Waals surface area contributed by atoms with Crippen LogP contribution in [0.15, 0.2) is 35.7 Å². The van der Waals surface area contributed by atoms with E-state index in [1.165, 1.54) is 4.88 Å². The summed E-state index contributed by atoms with van der Waals surface area (Å²) in [7, 11) is 0. The maximum absolute atomic E-state index is 9.01.